The number of anilines is 1. The van der Waals surface area contributed by atoms with E-state index in [4.69, 9.17) is 18.9 Å². The number of nitrogens with zero attached hydrogens (tertiary/aromatic N) is 2. The van der Waals surface area contributed by atoms with E-state index in [0.717, 1.165) is 24.1 Å². The number of nitrogens with one attached hydrogen (secondary N) is 1. The number of hydrogen-bond acceptors (Lipinski definition) is 9. The molecule has 0 bridgehead atoms. The number of carbonyl (C=O) groups excluding carboxylic acids is 3. The minimum atomic E-state index is -1.30. The van der Waals surface area contributed by atoms with Gasteiger partial charge in [0.2, 0.25) is 0 Å². The van der Waals surface area contributed by atoms with Gasteiger partial charge in [0.25, 0.3) is 0 Å². The van der Waals surface area contributed by atoms with Gasteiger partial charge < -0.3 is 18.9 Å². The van der Waals surface area contributed by atoms with Crippen molar-refractivity contribution in [1.29, 1.82) is 0 Å². The summed E-state index contributed by atoms with van der Waals surface area (Å²) in [5, 5.41) is 2.08. The largest absolute Gasteiger partial charge is 0.456 e. The number of rotatable bonds is 7. The fourth-order valence-electron chi connectivity index (χ4n) is 2.88. The maximum atomic E-state index is 14.6. The fourth-order valence-corrected chi connectivity index (χ4v) is 2.88. The van der Waals surface area contributed by atoms with Gasteiger partial charge in [-0.1, -0.05) is 20.3 Å². The van der Waals surface area contributed by atoms with E-state index in [0.29, 0.717) is 0 Å². The van der Waals surface area contributed by atoms with Crippen molar-refractivity contribution in [3.63, 3.8) is 0 Å². The minimum Gasteiger partial charge on any atom is -0.456 e. The lowest BCUT2D eigenvalue weighted by molar-refractivity contribution is -0.165. The average Bonchev–Trinajstić information content (AvgIpc) is 2.96. The number of halogens is 1. The first-order valence-electron chi connectivity index (χ1n) is 9.75. The van der Waals surface area contributed by atoms with Crippen LogP contribution < -0.4 is 11.0 Å². The maximum Gasteiger partial charge on any atom is 0.412 e. The molecule has 31 heavy (non-hydrogen) atoms. The van der Waals surface area contributed by atoms with E-state index < -0.39 is 59.9 Å². The van der Waals surface area contributed by atoms with Crippen LogP contribution in [0.4, 0.5) is 15.0 Å². The second-order valence-electron chi connectivity index (χ2n) is 7.24. The Balaban J connectivity index is 2.26. The molecule has 11 nitrogen and oxygen atoms in total. The van der Waals surface area contributed by atoms with Gasteiger partial charge in [-0.25, -0.2) is 14.0 Å². The number of esters is 2. The van der Waals surface area contributed by atoms with Crippen LogP contribution in [0.3, 0.4) is 0 Å². The minimum absolute atomic E-state index is 0.112. The van der Waals surface area contributed by atoms with Crippen LogP contribution in [0.15, 0.2) is 11.0 Å². The van der Waals surface area contributed by atoms with Crippen molar-refractivity contribution in [3.05, 3.63) is 22.5 Å². The van der Waals surface area contributed by atoms with Crippen LogP contribution >= 0.6 is 0 Å². The first-order chi connectivity index (χ1) is 14.5. The molecule has 0 saturated carbocycles. The summed E-state index contributed by atoms with van der Waals surface area (Å²) in [6.45, 7) is 7.76. The number of carbonyl (C=O) groups is 3. The summed E-state index contributed by atoms with van der Waals surface area (Å²) in [5.74, 6) is -2.92. The Bertz CT molecular complexity index is 889. The standard InChI is InChI=1S/C19H26FN3O8/c1-6-9(2)8-28-19(27)22-16-13(20)7-23(18(26)21-16)17-15(31-12(5)25)14(10(3)29-17)30-11(4)24/h7,9-10,14-15,17H,6,8H2,1-5H3,(H,21,22,26,27)/t9-,10+,14+,15+,17+/m0/s1. The first-order valence-corrected chi connectivity index (χ1v) is 9.75. The number of amides is 1. The van der Waals surface area contributed by atoms with Crippen LogP contribution in [0, 0.1) is 11.7 Å². The molecule has 0 spiro atoms. The highest BCUT2D eigenvalue weighted by Crippen LogP contribution is 2.33. The zero-order chi connectivity index (χ0) is 23.3. The molecule has 1 aliphatic rings. The lowest BCUT2D eigenvalue weighted by Gasteiger charge is -2.23. The van der Waals surface area contributed by atoms with Crippen LogP contribution in [0.2, 0.25) is 0 Å². The van der Waals surface area contributed by atoms with Crippen LogP contribution in [0.1, 0.15) is 47.3 Å². The van der Waals surface area contributed by atoms with E-state index in [1.165, 1.54) is 6.92 Å². The van der Waals surface area contributed by atoms with Crippen molar-refractivity contribution in [2.24, 2.45) is 5.92 Å². The molecule has 2 rings (SSSR count). The second-order valence-corrected chi connectivity index (χ2v) is 7.24. The third-order valence-electron chi connectivity index (χ3n) is 4.62. The molecule has 2 heterocycles. The van der Waals surface area contributed by atoms with Crippen molar-refractivity contribution >= 4 is 23.8 Å². The SMILES string of the molecule is CC[C@H](C)COC(=O)Nc1nc(=O)n([C@@H]2O[C@H](C)[C@@H](OC(C)=O)[C@H]2OC(C)=O)cc1F. The molecular weight excluding hydrogens is 417 g/mol. The van der Waals surface area contributed by atoms with Gasteiger partial charge in [0, 0.05) is 13.8 Å². The molecule has 1 N–H and O–H groups in total. The molecule has 0 aromatic carbocycles. The van der Waals surface area contributed by atoms with Crippen LogP contribution in [-0.2, 0) is 28.5 Å². The molecule has 5 atom stereocenters. The molecule has 1 saturated heterocycles. The Morgan fingerprint density at radius 1 is 1.26 bits per heavy atom. The van der Waals surface area contributed by atoms with Gasteiger partial charge in [-0.3, -0.25) is 19.5 Å². The van der Waals surface area contributed by atoms with Gasteiger partial charge in [0.05, 0.1) is 18.9 Å². The Kier molecular flexibility index (Phi) is 8.08. The zero-order valence-electron chi connectivity index (χ0n) is 17.9. The topological polar surface area (TPSA) is 135 Å². The molecule has 1 aromatic heterocycles. The van der Waals surface area contributed by atoms with Gasteiger partial charge in [0.15, 0.2) is 30.1 Å². The van der Waals surface area contributed by atoms with Gasteiger partial charge in [-0.2, -0.15) is 4.98 Å². The molecular formula is C19H26FN3O8. The normalized spacial score (nSPS) is 23.7. The Morgan fingerprint density at radius 2 is 1.87 bits per heavy atom. The molecule has 1 aromatic rings. The fraction of sp³-hybridized carbons (Fsp3) is 0.632. The van der Waals surface area contributed by atoms with Crippen LogP contribution in [0.5, 0.6) is 0 Å². The monoisotopic (exact) mass is 443 g/mol. The lowest BCUT2D eigenvalue weighted by Crippen LogP contribution is -2.40. The summed E-state index contributed by atoms with van der Waals surface area (Å²) in [7, 11) is 0. The number of aromatic nitrogens is 2. The smallest absolute Gasteiger partial charge is 0.412 e. The maximum absolute atomic E-state index is 14.6. The van der Waals surface area contributed by atoms with Gasteiger partial charge in [-0.05, 0) is 12.8 Å². The first kappa shape index (κ1) is 24.3. The molecule has 0 unspecified atom stereocenters. The van der Waals surface area contributed by atoms with Crippen molar-refractivity contribution in [3.8, 4) is 0 Å². The van der Waals surface area contributed by atoms with Crippen molar-refractivity contribution in [1.82, 2.24) is 9.55 Å². The van der Waals surface area contributed by atoms with Gasteiger partial charge in [-0.15, -0.1) is 0 Å². The van der Waals surface area contributed by atoms with E-state index >= 15 is 0 Å². The molecule has 1 aliphatic heterocycles. The highest BCUT2D eigenvalue weighted by molar-refractivity contribution is 5.83. The van der Waals surface area contributed by atoms with Gasteiger partial charge >= 0.3 is 23.7 Å². The Hall–Kier alpha value is -3.02. The second kappa shape index (κ2) is 10.3. The van der Waals surface area contributed by atoms with Crippen molar-refractivity contribution in [2.75, 3.05) is 11.9 Å². The highest BCUT2D eigenvalue weighted by atomic mass is 19.1. The van der Waals surface area contributed by atoms with E-state index in [2.05, 4.69) is 10.3 Å². The van der Waals surface area contributed by atoms with Crippen LogP contribution in [-0.4, -0.2) is 52.5 Å². The predicted molar refractivity (Wildman–Crippen MR) is 104 cm³/mol. The summed E-state index contributed by atoms with van der Waals surface area (Å²) >= 11 is 0. The average molecular weight is 443 g/mol. The summed E-state index contributed by atoms with van der Waals surface area (Å²) in [4.78, 5) is 50.8. The molecule has 172 valence electrons. The van der Waals surface area contributed by atoms with E-state index in [1.807, 2.05) is 13.8 Å². The molecule has 12 heteroatoms. The highest BCUT2D eigenvalue weighted by Gasteiger charge is 2.48. The molecule has 0 aliphatic carbocycles. The Morgan fingerprint density at radius 3 is 2.45 bits per heavy atom. The number of ether oxygens (including phenoxy) is 4. The molecule has 0 radical (unpaired) electrons. The van der Waals surface area contributed by atoms with E-state index in [9.17, 15) is 23.6 Å². The van der Waals surface area contributed by atoms with Crippen LogP contribution in [0.25, 0.3) is 0 Å². The van der Waals surface area contributed by atoms with E-state index in [1.54, 1.807) is 6.92 Å². The van der Waals surface area contributed by atoms with Gasteiger partial charge in [0.1, 0.15) is 0 Å². The lowest BCUT2D eigenvalue weighted by atomic mass is 10.1. The quantitative estimate of drug-likeness (QED) is 0.494. The Labute approximate surface area is 177 Å². The summed E-state index contributed by atoms with van der Waals surface area (Å²) in [6, 6.07) is 0. The third-order valence-corrected chi connectivity index (χ3v) is 4.62. The van der Waals surface area contributed by atoms with Crippen molar-refractivity contribution < 1.29 is 37.7 Å². The van der Waals surface area contributed by atoms with E-state index in [-0.39, 0.29) is 12.5 Å². The van der Waals surface area contributed by atoms with Crippen molar-refractivity contribution in [2.45, 2.75) is 65.6 Å². The molecule has 1 fully saturated rings. The third kappa shape index (κ3) is 6.23. The zero-order valence-corrected chi connectivity index (χ0v) is 17.9. The summed E-state index contributed by atoms with van der Waals surface area (Å²) in [5.41, 5.74) is -0.989. The summed E-state index contributed by atoms with van der Waals surface area (Å²) < 4.78 is 36.2. The number of hydrogen-bond donors (Lipinski definition) is 1. The molecule has 1 amide bonds. The summed E-state index contributed by atoms with van der Waals surface area (Å²) in [6.07, 6.45) is -3.71. The predicted octanol–water partition coefficient (Wildman–Crippen LogP) is 1.76.